The third-order valence-corrected chi connectivity index (χ3v) is 1.88. The van der Waals surface area contributed by atoms with Gasteiger partial charge in [-0.15, -0.1) is 0 Å². The van der Waals surface area contributed by atoms with E-state index >= 15 is 0 Å². The molecule has 0 aliphatic heterocycles. The minimum atomic E-state index is -0.401. The van der Waals surface area contributed by atoms with Crippen molar-refractivity contribution in [2.75, 3.05) is 0 Å². The van der Waals surface area contributed by atoms with Crippen molar-refractivity contribution in [1.82, 2.24) is 5.32 Å². The third kappa shape index (κ3) is 3.75. The fourth-order valence-electron chi connectivity index (χ4n) is 0.734. The van der Waals surface area contributed by atoms with E-state index in [1.165, 1.54) is 0 Å². The Morgan fingerprint density at radius 3 is 2.38 bits per heavy atom. The van der Waals surface area contributed by atoms with Crippen LogP contribution in [0, 0.1) is 17.2 Å². The molecule has 1 atom stereocenters. The molecular weight excluding hydrogens is 164 g/mol. The maximum atomic E-state index is 11.3. The second kappa shape index (κ2) is 5.36. The minimum Gasteiger partial charge on any atom is -0.336 e. The van der Waals surface area contributed by atoms with Crippen molar-refractivity contribution in [3.05, 3.63) is 11.6 Å². The summed E-state index contributed by atoms with van der Waals surface area (Å²) in [6.45, 7) is 7.33. The Bertz CT molecular complexity index is 248. The molecule has 0 radical (unpaired) electrons. The summed E-state index contributed by atoms with van der Waals surface area (Å²) >= 11 is 0. The number of allylic oxidation sites excluding steroid dienone is 1. The van der Waals surface area contributed by atoms with Crippen LogP contribution in [0.4, 0.5) is 0 Å². The van der Waals surface area contributed by atoms with Gasteiger partial charge in [0.25, 0.3) is 0 Å². The minimum absolute atomic E-state index is 0.138. The van der Waals surface area contributed by atoms with E-state index in [4.69, 9.17) is 5.26 Å². The standard InChI is InChI=1S/C10H16N2O/c1-5-8(4)10(13)12-9(6-11)7(2)3/h5,7,9H,1-4H3,(H,12,13)/b8-5-/t9-/m0/s1. The number of carbonyl (C=O) groups excluding carboxylic acids is 1. The average molecular weight is 180 g/mol. The lowest BCUT2D eigenvalue weighted by atomic mass is 10.1. The number of rotatable bonds is 3. The van der Waals surface area contributed by atoms with Crippen LogP contribution in [-0.4, -0.2) is 11.9 Å². The lowest BCUT2D eigenvalue weighted by Gasteiger charge is -2.14. The van der Waals surface area contributed by atoms with Crippen LogP contribution in [0.2, 0.25) is 0 Å². The largest absolute Gasteiger partial charge is 0.336 e. The molecule has 72 valence electrons. The quantitative estimate of drug-likeness (QED) is 0.671. The highest BCUT2D eigenvalue weighted by molar-refractivity contribution is 5.93. The van der Waals surface area contributed by atoms with Gasteiger partial charge in [0.2, 0.25) is 5.91 Å². The van der Waals surface area contributed by atoms with E-state index < -0.39 is 6.04 Å². The molecule has 0 saturated heterocycles. The third-order valence-electron chi connectivity index (χ3n) is 1.88. The maximum absolute atomic E-state index is 11.3. The van der Waals surface area contributed by atoms with E-state index in [2.05, 4.69) is 11.4 Å². The molecule has 0 heterocycles. The fourth-order valence-corrected chi connectivity index (χ4v) is 0.734. The predicted octanol–water partition coefficient (Wildman–Crippen LogP) is 1.62. The number of nitrogens with one attached hydrogen (secondary N) is 1. The Balaban J connectivity index is 4.28. The second-order valence-corrected chi connectivity index (χ2v) is 3.30. The number of carbonyl (C=O) groups is 1. The van der Waals surface area contributed by atoms with Crippen molar-refractivity contribution in [3.63, 3.8) is 0 Å². The molecule has 3 heteroatoms. The topological polar surface area (TPSA) is 52.9 Å². The van der Waals surface area contributed by atoms with Gasteiger partial charge in [0.05, 0.1) is 6.07 Å². The zero-order valence-corrected chi connectivity index (χ0v) is 8.59. The van der Waals surface area contributed by atoms with Gasteiger partial charge in [0, 0.05) is 5.57 Å². The Hall–Kier alpha value is -1.30. The molecule has 0 aliphatic rings. The molecular formula is C10H16N2O. The molecule has 0 spiro atoms. The molecule has 0 aliphatic carbocycles. The van der Waals surface area contributed by atoms with Crippen LogP contribution in [0.25, 0.3) is 0 Å². The average Bonchev–Trinajstić information content (AvgIpc) is 2.11. The van der Waals surface area contributed by atoms with Crippen molar-refractivity contribution in [2.45, 2.75) is 33.7 Å². The number of nitrogens with zero attached hydrogens (tertiary/aromatic N) is 1. The normalized spacial score (nSPS) is 13.7. The Labute approximate surface area is 79.4 Å². The van der Waals surface area contributed by atoms with Crippen molar-refractivity contribution < 1.29 is 4.79 Å². The molecule has 0 aromatic rings. The molecule has 1 amide bonds. The number of nitriles is 1. The van der Waals surface area contributed by atoms with E-state index in [0.29, 0.717) is 5.57 Å². The summed E-state index contributed by atoms with van der Waals surface area (Å²) in [5.74, 6) is -0.0265. The zero-order chi connectivity index (χ0) is 10.4. The lowest BCUT2D eigenvalue weighted by Crippen LogP contribution is -2.37. The van der Waals surface area contributed by atoms with Crippen LogP contribution in [-0.2, 0) is 4.79 Å². The van der Waals surface area contributed by atoms with Gasteiger partial charge < -0.3 is 5.32 Å². The maximum Gasteiger partial charge on any atom is 0.247 e. The fraction of sp³-hybridized carbons (Fsp3) is 0.600. The van der Waals surface area contributed by atoms with E-state index in [0.717, 1.165) is 0 Å². The number of amides is 1. The molecule has 0 aromatic carbocycles. The van der Waals surface area contributed by atoms with Gasteiger partial charge in [-0.25, -0.2) is 0 Å². The summed E-state index contributed by atoms with van der Waals surface area (Å²) in [5.41, 5.74) is 0.640. The van der Waals surface area contributed by atoms with Gasteiger partial charge in [0.15, 0.2) is 0 Å². The van der Waals surface area contributed by atoms with E-state index in [-0.39, 0.29) is 11.8 Å². The summed E-state index contributed by atoms with van der Waals surface area (Å²) in [4.78, 5) is 11.3. The molecule has 13 heavy (non-hydrogen) atoms. The Kier molecular flexibility index (Phi) is 4.83. The van der Waals surface area contributed by atoms with Crippen LogP contribution in [0.15, 0.2) is 11.6 Å². The molecule has 0 saturated carbocycles. The number of hydrogen-bond acceptors (Lipinski definition) is 2. The molecule has 0 aromatic heterocycles. The Morgan fingerprint density at radius 1 is 1.54 bits per heavy atom. The van der Waals surface area contributed by atoms with Crippen LogP contribution in [0.5, 0.6) is 0 Å². The Morgan fingerprint density at radius 2 is 2.08 bits per heavy atom. The van der Waals surface area contributed by atoms with Crippen LogP contribution in [0.1, 0.15) is 27.7 Å². The molecule has 1 N–H and O–H groups in total. The number of hydrogen-bond donors (Lipinski definition) is 1. The van der Waals surface area contributed by atoms with Crippen LogP contribution < -0.4 is 5.32 Å². The van der Waals surface area contributed by atoms with Crippen LogP contribution in [0.3, 0.4) is 0 Å². The van der Waals surface area contributed by atoms with E-state index in [1.54, 1.807) is 19.9 Å². The van der Waals surface area contributed by atoms with Gasteiger partial charge in [-0.1, -0.05) is 19.9 Å². The molecule has 0 bridgehead atoms. The van der Waals surface area contributed by atoms with Gasteiger partial charge in [-0.3, -0.25) is 4.79 Å². The van der Waals surface area contributed by atoms with Crippen molar-refractivity contribution in [3.8, 4) is 6.07 Å². The smallest absolute Gasteiger partial charge is 0.247 e. The first kappa shape index (κ1) is 11.7. The lowest BCUT2D eigenvalue weighted by molar-refractivity contribution is -0.118. The molecule has 3 nitrogen and oxygen atoms in total. The first-order valence-corrected chi connectivity index (χ1v) is 4.36. The second-order valence-electron chi connectivity index (χ2n) is 3.30. The molecule has 0 rings (SSSR count). The summed E-state index contributed by atoms with van der Waals surface area (Å²) in [6.07, 6.45) is 1.73. The first-order valence-electron chi connectivity index (χ1n) is 4.36. The van der Waals surface area contributed by atoms with Gasteiger partial charge in [-0.05, 0) is 19.8 Å². The van der Waals surface area contributed by atoms with Crippen molar-refractivity contribution >= 4 is 5.91 Å². The van der Waals surface area contributed by atoms with Gasteiger partial charge in [-0.2, -0.15) is 5.26 Å². The van der Waals surface area contributed by atoms with E-state index in [9.17, 15) is 4.79 Å². The van der Waals surface area contributed by atoms with Crippen molar-refractivity contribution in [2.24, 2.45) is 5.92 Å². The molecule has 0 unspecified atom stereocenters. The van der Waals surface area contributed by atoms with Crippen LogP contribution >= 0.6 is 0 Å². The van der Waals surface area contributed by atoms with Gasteiger partial charge in [0.1, 0.15) is 6.04 Å². The van der Waals surface area contributed by atoms with Crippen molar-refractivity contribution in [1.29, 1.82) is 5.26 Å². The summed E-state index contributed by atoms with van der Waals surface area (Å²) in [5, 5.41) is 11.4. The predicted molar refractivity (Wildman–Crippen MR) is 51.8 cm³/mol. The summed E-state index contributed by atoms with van der Waals surface area (Å²) < 4.78 is 0. The summed E-state index contributed by atoms with van der Waals surface area (Å²) in [7, 11) is 0. The SMILES string of the molecule is C/C=C(/C)C(=O)N[C@@H](C#N)C(C)C. The highest BCUT2D eigenvalue weighted by Crippen LogP contribution is 2.01. The highest BCUT2D eigenvalue weighted by Gasteiger charge is 2.15. The highest BCUT2D eigenvalue weighted by atomic mass is 16.1. The zero-order valence-electron chi connectivity index (χ0n) is 8.59. The van der Waals surface area contributed by atoms with Gasteiger partial charge >= 0.3 is 0 Å². The summed E-state index contributed by atoms with van der Waals surface area (Å²) in [6, 6.07) is 1.65. The van der Waals surface area contributed by atoms with E-state index in [1.807, 2.05) is 13.8 Å². The molecule has 0 fully saturated rings. The monoisotopic (exact) mass is 180 g/mol. The first-order chi connectivity index (χ1) is 6.02.